The fraction of sp³-hybridized carbons (Fsp3) is 0.261. The third-order valence-electron chi connectivity index (χ3n) is 5.19. The van der Waals surface area contributed by atoms with E-state index in [-0.39, 0.29) is 17.5 Å². The molecule has 1 aliphatic rings. The molecule has 126 valence electrons. The molecule has 0 aromatic heterocycles. The van der Waals surface area contributed by atoms with E-state index in [1.165, 1.54) is 11.1 Å². The van der Waals surface area contributed by atoms with Crippen molar-refractivity contribution >= 4 is 16.7 Å². The van der Waals surface area contributed by atoms with Crippen LogP contribution in [0.2, 0.25) is 0 Å². The van der Waals surface area contributed by atoms with E-state index >= 15 is 0 Å². The van der Waals surface area contributed by atoms with Crippen LogP contribution in [0, 0.1) is 0 Å². The Bertz CT molecular complexity index is 939. The average Bonchev–Trinajstić information content (AvgIpc) is 2.60. The van der Waals surface area contributed by atoms with Gasteiger partial charge in [0.25, 0.3) is 0 Å². The van der Waals surface area contributed by atoms with Gasteiger partial charge in [-0.05, 0) is 45.9 Å². The van der Waals surface area contributed by atoms with E-state index in [4.69, 9.17) is 4.74 Å². The summed E-state index contributed by atoms with van der Waals surface area (Å²) < 4.78 is 5.88. The van der Waals surface area contributed by atoms with Crippen LogP contribution in [0.5, 0.6) is 0 Å². The van der Waals surface area contributed by atoms with E-state index in [0.29, 0.717) is 5.56 Å². The molecule has 0 heterocycles. The fourth-order valence-corrected chi connectivity index (χ4v) is 3.97. The highest BCUT2D eigenvalue weighted by Crippen LogP contribution is 2.38. The number of rotatable bonds is 2. The zero-order valence-electron chi connectivity index (χ0n) is 14.7. The average molecular weight is 330 g/mol. The van der Waals surface area contributed by atoms with Gasteiger partial charge in [-0.3, -0.25) is 0 Å². The van der Waals surface area contributed by atoms with E-state index < -0.39 is 0 Å². The van der Waals surface area contributed by atoms with Crippen molar-refractivity contribution in [3.63, 3.8) is 0 Å². The van der Waals surface area contributed by atoms with Crippen molar-refractivity contribution in [1.82, 2.24) is 0 Å². The molecular weight excluding hydrogens is 308 g/mol. The van der Waals surface area contributed by atoms with Gasteiger partial charge in [-0.1, -0.05) is 68.4 Å². The normalized spacial score (nSPS) is 18.6. The third kappa shape index (κ3) is 3.05. The molecule has 1 atom stereocenters. The minimum absolute atomic E-state index is 0.0170. The molecular formula is C23H22O2. The van der Waals surface area contributed by atoms with Crippen LogP contribution >= 0.6 is 0 Å². The Hall–Kier alpha value is -2.61. The summed E-state index contributed by atoms with van der Waals surface area (Å²) in [6.07, 6.45) is 1.56. The lowest BCUT2D eigenvalue weighted by atomic mass is 9.71. The van der Waals surface area contributed by atoms with Gasteiger partial charge in [0.2, 0.25) is 0 Å². The third-order valence-corrected chi connectivity index (χ3v) is 5.19. The van der Waals surface area contributed by atoms with Crippen LogP contribution in [0.25, 0.3) is 10.8 Å². The van der Waals surface area contributed by atoms with Crippen LogP contribution in [0.4, 0.5) is 0 Å². The molecule has 0 bridgehead atoms. The predicted octanol–water partition coefficient (Wildman–Crippen LogP) is 5.29. The zero-order chi connectivity index (χ0) is 17.4. The summed E-state index contributed by atoms with van der Waals surface area (Å²) in [5, 5.41) is 2.19. The molecule has 1 unspecified atom stereocenters. The van der Waals surface area contributed by atoms with Crippen molar-refractivity contribution in [2.45, 2.75) is 38.2 Å². The van der Waals surface area contributed by atoms with Crippen LogP contribution in [-0.4, -0.2) is 12.1 Å². The van der Waals surface area contributed by atoms with Crippen molar-refractivity contribution in [2.75, 3.05) is 0 Å². The largest absolute Gasteiger partial charge is 0.458 e. The Morgan fingerprint density at radius 2 is 1.68 bits per heavy atom. The van der Waals surface area contributed by atoms with Gasteiger partial charge in [0.05, 0.1) is 5.56 Å². The molecule has 0 N–H and O–H groups in total. The molecule has 0 saturated carbocycles. The number of esters is 1. The summed E-state index contributed by atoms with van der Waals surface area (Å²) in [5.74, 6) is -0.231. The van der Waals surface area contributed by atoms with Crippen molar-refractivity contribution in [2.24, 2.45) is 0 Å². The smallest absolute Gasteiger partial charge is 0.338 e. The molecule has 2 heteroatoms. The number of hydrogen-bond donors (Lipinski definition) is 0. The highest BCUT2D eigenvalue weighted by Gasteiger charge is 2.34. The number of fused-ring (bicyclic) bond motifs is 2. The van der Waals surface area contributed by atoms with E-state index in [0.717, 1.165) is 23.6 Å². The van der Waals surface area contributed by atoms with Gasteiger partial charge >= 0.3 is 5.97 Å². The lowest BCUT2D eigenvalue weighted by molar-refractivity contribution is 0.0213. The summed E-state index contributed by atoms with van der Waals surface area (Å²) >= 11 is 0. The molecule has 0 saturated heterocycles. The van der Waals surface area contributed by atoms with E-state index in [2.05, 4.69) is 38.1 Å². The quantitative estimate of drug-likeness (QED) is 0.597. The standard InChI is InChI=1S/C23H22O2/c1-23(2)15-20(14-18-9-5-6-10-21(18)23)25-22(24)19-12-11-16-7-3-4-8-17(16)13-19/h3-13,20H,14-15H2,1-2H3. The predicted molar refractivity (Wildman–Crippen MR) is 101 cm³/mol. The highest BCUT2D eigenvalue weighted by atomic mass is 16.5. The first-order valence-electron chi connectivity index (χ1n) is 8.81. The summed E-state index contributed by atoms with van der Waals surface area (Å²) in [7, 11) is 0. The summed E-state index contributed by atoms with van der Waals surface area (Å²) in [6.45, 7) is 4.45. The first-order valence-corrected chi connectivity index (χ1v) is 8.81. The van der Waals surface area contributed by atoms with Gasteiger partial charge in [0, 0.05) is 6.42 Å². The first kappa shape index (κ1) is 15.9. The van der Waals surface area contributed by atoms with E-state index in [1.54, 1.807) is 0 Å². The summed E-state index contributed by atoms with van der Waals surface area (Å²) in [6, 6.07) is 22.3. The fourth-order valence-electron chi connectivity index (χ4n) is 3.97. The van der Waals surface area contributed by atoms with E-state index in [9.17, 15) is 4.79 Å². The number of benzene rings is 3. The van der Waals surface area contributed by atoms with Gasteiger partial charge in [-0.25, -0.2) is 4.79 Å². The Labute approximate surface area is 148 Å². The van der Waals surface area contributed by atoms with Gasteiger partial charge in [-0.2, -0.15) is 0 Å². The van der Waals surface area contributed by atoms with Crippen LogP contribution in [0.15, 0.2) is 66.7 Å². The minimum Gasteiger partial charge on any atom is -0.458 e. The lowest BCUT2D eigenvalue weighted by Crippen LogP contribution is -2.35. The molecule has 0 fully saturated rings. The van der Waals surface area contributed by atoms with Crippen LogP contribution < -0.4 is 0 Å². The maximum absolute atomic E-state index is 12.7. The van der Waals surface area contributed by atoms with Crippen LogP contribution in [0.1, 0.15) is 41.8 Å². The number of carbonyl (C=O) groups excluding carboxylic acids is 1. The number of carbonyl (C=O) groups is 1. The Morgan fingerprint density at radius 3 is 2.52 bits per heavy atom. The Kier molecular flexibility index (Phi) is 3.84. The molecule has 1 aliphatic carbocycles. The summed E-state index contributed by atoms with van der Waals surface area (Å²) in [4.78, 5) is 12.7. The molecule has 3 aromatic rings. The first-order chi connectivity index (χ1) is 12.0. The molecule has 3 aromatic carbocycles. The minimum atomic E-state index is -0.231. The maximum Gasteiger partial charge on any atom is 0.338 e. The lowest BCUT2D eigenvalue weighted by Gasteiger charge is -2.37. The van der Waals surface area contributed by atoms with Crippen molar-refractivity contribution in [3.8, 4) is 0 Å². The monoisotopic (exact) mass is 330 g/mol. The van der Waals surface area contributed by atoms with Gasteiger partial charge < -0.3 is 4.74 Å². The van der Waals surface area contributed by atoms with Gasteiger partial charge in [0.1, 0.15) is 6.10 Å². The maximum atomic E-state index is 12.7. The van der Waals surface area contributed by atoms with Crippen molar-refractivity contribution < 1.29 is 9.53 Å². The molecule has 0 spiro atoms. The van der Waals surface area contributed by atoms with Crippen molar-refractivity contribution in [1.29, 1.82) is 0 Å². The molecule has 0 radical (unpaired) electrons. The number of hydrogen-bond acceptors (Lipinski definition) is 2. The van der Waals surface area contributed by atoms with Gasteiger partial charge in [-0.15, -0.1) is 0 Å². The second kappa shape index (κ2) is 6.03. The topological polar surface area (TPSA) is 26.3 Å². The van der Waals surface area contributed by atoms with Crippen molar-refractivity contribution in [3.05, 3.63) is 83.4 Å². The van der Waals surface area contributed by atoms with Crippen LogP contribution in [0.3, 0.4) is 0 Å². The summed E-state index contributed by atoms with van der Waals surface area (Å²) in [5.41, 5.74) is 3.29. The Balaban J connectivity index is 1.56. The molecule has 0 amide bonds. The van der Waals surface area contributed by atoms with Crippen LogP contribution in [-0.2, 0) is 16.6 Å². The highest BCUT2D eigenvalue weighted by molar-refractivity contribution is 5.95. The Morgan fingerprint density at radius 1 is 0.960 bits per heavy atom. The second-order valence-corrected chi connectivity index (χ2v) is 7.54. The van der Waals surface area contributed by atoms with Gasteiger partial charge in [0.15, 0.2) is 0 Å². The SMILES string of the molecule is CC1(C)CC(OC(=O)c2ccc3ccccc3c2)Cc2ccccc21. The number of ether oxygens (including phenoxy) is 1. The molecule has 4 rings (SSSR count). The molecule has 2 nitrogen and oxygen atoms in total. The second-order valence-electron chi connectivity index (χ2n) is 7.54. The zero-order valence-corrected chi connectivity index (χ0v) is 14.7. The molecule has 25 heavy (non-hydrogen) atoms. The molecule has 0 aliphatic heterocycles. The van der Waals surface area contributed by atoms with E-state index in [1.807, 2.05) is 42.5 Å².